The third-order valence-corrected chi connectivity index (χ3v) is 3.15. The molecule has 2 heteroatoms. The van der Waals surface area contributed by atoms with Gasteiger partial charge in [0.25, 0.3) is 0 Å². The molecule has 0 aliphatic carbocycles. The van der Waals surface area contributed by atoms with Crippen LogP contribution in [-0.4, -0.2) is 11.1 Å². The zero-order valence-corrected chi connectivity index (χ0v) is 12.2. The summed E-state index contributed by atoms with van der Waals surface area (Å²) in [5.41, 5.74) is 0. The number of hydrogen-bond donors (Lipinski definition) is 1. The summed E-state index contributed by atoms with van der Waals surface area (Å²) in [5, 5.41) is 10.9. The minimum absolute atomic E-state index is 0.337. The van der Waals surface area contributed by atoms with Gasteiger partial charge in [-0.25, -0.2) is 0 Å². The van der Waals surface area contributed by atoms with Crippen molar-refractivity contribution in [1.82, 2.24) is 0 Å². The molecule has 2 aromatic carbocycles. The monoisotopic (exact) mass is 272 g/mol. The van der Waals surface area contributed by atoms with E-state index in [9.17, 15) is 4.79 Å². The van der Waals surface area contributed by atoms with E-state index in [4.69, 9.17) is 5.11 Å². The molecule has 0 bridgehead atoms. The Balaban J connectivity index is 0.000000200. The van der Waals surface area contributed by atoms with Crippen LogP contribution in [0.25, 0.3) is 10.8 Å². The molecule has 108 valence electrons. The SMILES string of the molecule is CCCCCCCC(=O)O.c1ccc2ccccc2c1. The lowest BCUT2D eigenvalue weighted by Gasteiger charge is -1.95. The summed E-state index contributed by atoms with van der Waals surface area (Å²) in [5.74, 6) is -0.670. The normalized spacial score (nSPS) is 9.85. The highest BCUT2D eigenvalue weighted by Gasteiger charge is 1.94. The maximum absolute atomic E-state index is 10.0. The minimum Gasteiger partial charge on any atom is -0.481 e. The first kappa shape index (κ1) is 16.2. The molecule has 2 aromatic rings. The zero-order valence-electron chi connectivity index (χ0n) is 12.2. The molecule has 20 heavy (non-hydrogen) atoms. The summed E-state index contributed by atoms with van der Waals surface area (Å²) in [6, 6.07) is 16.7. The Morgan fingerprint density at radius 2 is 1.30 bits per heavy atom. The molecule has 0 unspecified atom stereocenters. The van der Waals surface area contributed by atoms with Crippen molar-refractivity contribution in [3.63, 3.8) is 0 Å². The molecule has 0 saturated carbocycles. The van der Waals surface area contributed by atoms with Crippen molar-refractivity contribution in [2.75, 3.05) is 0 Å². The third kappa shape index (κ3) is 6.93. The molecule has 0 amide bonds. The number of rotatable bonds is 6. The Morgan fingerprint density at radius 1 is 0.850 bits per heavy atom. The second-order valence-corrected chi connectivity index (χ2v) is 4.91. The van der Waals surface area contributed by atoms with E-state index in [0.29, 0.717) is 6.42 Å². The smallest absolute Gasteiger partial charge is 0.303 e. The van der Waals surface area contributed by atoms with Gasteiger partial charge in [-0.1, -0.05) is 81.1 Å². The summed E-state index contributed by atoms with van der Waals surface area (Å²) in [6.45, 7) is 2.15. The Hall–Kier alpha value is -1.83. The van der Waals surface area contributed by atoms with E-state index in [1.165, 1.54) is 30.0 Å². The molecule has 0 aliphatic heterocycles. The second kappa shape index (κ2) is 10.0. The fraction of sp³-hybridized carbons (Fsp3) is 0.389. The van der Waals surface area contributed by atoms with Crippen LogP contribution in [0.3, 0.4) is 0 Å². The molecule has 0 heterocycles. The Morgan fingerprint density at radius 3 is 1.70 bits per heavy atom. The van der Waals surface area contributed by atoms with Gasteiger partial charge < -0.3 is 5.11 Å². The van der Waals surface area contributed by atoms with E-state index in [2.05, 4.69) is 55.5 Å². The van der Waals surface area contributed by atoms with Crippen molar-refractivity contribution in [2.24, 2.45) is 0 Å². The summed E-state index contributed by atoms with van der Waals surface area (Å²) < 4.78 is 0. The lowest BCUT2D eigenvalue weighted by Crippen LogP contribution is -1.93. The quantitative estimate of drug-likeness (QED) is 0.727. The van der Waals surface area contributed by atoms with Crippen LogP contribution < -0.4 is 0 Å². The van der Waals surface area contributed by atoms with Crippen molar-refractivity contribution in [2.45, 2.75) is 45.4 Å². The number of benzene rings is 2. The molecule has 0 saturated heterocycles. The van der Waals surface area contributed by atoms with E-state index in [0.717, 1.165) is 12.8 Å². The fourth-order valence-electron chi connectivity index (χ4n) is 2.01. The Kier molecular flexibility index (Phi) is 8.13. The van der Waals surface area contributed by atoms with Gasteiger partial charge in [-0.3, -0.25) is 4.79 Å². The number of hydrogen-bond acceptors (Lipinski definition) is 1. The van der Waals surface area contributed by atoms with Crippen molar-refractivity contribution in [3.05, 3.63) is 48.5 Å². The van der Waals surface area contributed by atoms with E-state index in [1.807, 2.05) is 0 Å². The molecule has 0 fully saturated rings. The first-order valence-electron chi connectivity index (χ1n) is 7.39. The summed E-state index contributed by atoms with van der Waals surface area (Å²) >= 11 is 0. The average Bonchev–Trinajstić information content (AvgIpc) is 2.48. The molecular formula is C18H24O2. The van der Waals surface area contributed by atoms with Crippen LogP contribution in [0.4, 0.5) is 0 Å². The second-order valence-electron chi connectivity index (χ2n) is 4.91. The van der Waals surface area contributed by atoms with Gasteiger partial charge in [0, 0.05) is 6.42 Å². The van der Waals surface area contributed by atoms with Crippen LogP contribution in [-0.2, 0) is 4.79 Å². The molecule has 0 spiro atoms. The van der Waals surface area contributed by atoms with E-state index in [-0.39, 0.29) is 0 Å². The predicted molar refractivity (Wildman–Crippen MR) is 85.0 cm³/mol. The lowest BCUT2D eigenvalue weighted by molar-refractivity contribution is -0.137. The van der Waals surface area contributed by atoms with Gasteiger partial charge in [-0.2, -0.15) is 0 Å². The first-order valence-corrected chi connectivity index (χ1v) is 7.39. The molecule has 2 nitrogen and oxygen atoms in total. The van der Waals surface area contributed by atoms with Gasteiger partial charge in [0.05, 0.1) is 0 Å². The molecule has 2 rings (SSSR count). The Labute approximate surface area is 121 Å². The van der Waals surface area contributed by atoms with Crippen LogP contribution >= 0.6 is 0 Å². The highest BCUT2D eigenvalue weighted by molar-refractivity contribution is 5.82. The number of aliphatic carboxylic acids is 1. The third-order valence-electron chi connectivity index (χ3n) is 3.15. The van der Waals surface area contributed by atoms with Crippen molar-refractivity contribution in [3.8, 4) is 0 Å². The maximum Gasteiger partial charge on any atom is 0.303 e. The summed E-state index contributed by atoms with van der Waals surface area (Å²) in [7, 11) is 0. The number of carboxylic acid groups (broad SMARTS) is 1. The van der Waals surface area contributed by atoms with Crippen LogP contribution in [0, 0.1) is 0 Å². The van der Waals surface area contributed by atoms with Gasteiger partial charge >= 0.3 is 5.97 Å². The number of carbonyl (C=O) groups is 1. The minimum atomic E-state index is -0.670. The molecule has 0 atom stereocenters. The lowest BCUT2D eigenvalue weighted by atomic mass is 10.1. The van der Waals surface area contributed by atoms with Gasteiger partial charge in [-0.15, -0.1) is 0 Å². The van der Waals surface area contributed by atoms with Gasteiger partial charge in [0.2, 0.25) is 0 Å². The van der Waals surface area contributed by atoms with Gasteiger partial charge in [0.15, 0.2) is 0 Å². The van der Waals surface area contributed by atoms with Crippen LogP contribution in [0.15, 0.2) is 48.5 Å². The van der Waals surface area contributed by atoms with E-state index in [1.54, 1.807) is 0 Å². The van der Waals surface area contributed by atoms with Crippen LogP contribution in [0.5, 0.6) is 0 Å². The van der Waals surface area contributed by atoms with Crippen LogP contribution in [0.1, 0.15) is 45.4 Å². The van der Waals surface area contributed by atoms with Crippen LogP contribution in [0.2, 0.25) is 0 Å². The predicted octanol–water partition coefficient (Wildman–Crippen LogP) is 5.27. The Bertz CT molecular complexity index is 440. The highest BCUT2D eigenvalue weighted by atomic mass is 16.4. The molecular weight excluding hydrogens is 248 g/mol. The van der Waals surface area contributed by atoms with Crippen molar-refractivity contribution < 1.29 is 9.90 Å². The van der Waals surface area contributed by atoms with Crippen molar-refractivity contribution >= 4 is 16.7 Å². The summed E-state index contributed by atoms with van der Waals surface area (Å²) in [6.07, 6.45) is 5.88. The molecule has 0 aromatic heterocycles. The van der Waals surface area contributed by atoms with Crippen molar-refractivity contribution in [1.29, 1.82) is 0 Å². The van der Waals surface area contributed by atoms with E-state index < -0.39 is 5.97 Å². The topological polar surface area (TPSA) is 37.3 Å². The zero-order chi connectivity index (χ0) is 14.6. The molecule has 0 aliphatic rings. The van der Waals surface area contributed by atoms with Gasteiger partial charge in [-0.05, 0) is 17.2 Å². The molecule has 1 N–H and O–H groups in total. The fourth-order valence-corrected chi connectivity index (χ4v) is 2.01. The molecule has 0 radical (unpaired) electrons. The maximum atomic E-state index is 10.0. The highest BCUT2D eigenvalue weighted by Crippen LogP contribution is 2.11. The van der Waals surface area contributed by atoms with Gasteiger partial charge in [0.1, 0.15) is 0 Å². The number of fused-ring (bicyclic) bond motifs is 1. The first-order chi connectivity index (χ1) is 9.74. The largest absolute Gasteiger partial charge is 0.481 e. The number of unbranched alkanes of at least 4 members (excludes halogenated alkanes) is 4. The standard InChI is InChI=1S/C10H8.C8H16O2/c1-2-6-10-8-4-3-7-9(10)5-1;1-2-3-4-5-6-7-8(9)10/h1-8H;2-7H2,1H3,(H,9,10). The average molecular weight is 272 g/mol. The summed E-state index contributed by atoms with van der Waals surface area (Å²) in [4.78, 5) is 10.0. The number of carboxylic acids is 1. The van der Waals surface area contributed by atoms with E-state index >= 15 is 0 Å².